The maximum atomic E-state index is 5.78. The minimum Gasteiger partial charge on any atom is -0.399 e. The smallest absolute Gasteiger partial charge is 0.0922 e. The van der Waals surface area contributed by atoms with Gasteiger partial charge < -0.3 is 10.7 Å². The standard InChI is InChI=1S/C12H14N4/c13-11-2-1-9-5-16(6-10(9)3-11)7-12-4-14-8-15-12/h1-4,8H,5-7,13H2,(H,14,15). The number of hydrogen-bond acceptors (Lipinski definition) is 3. The molecular formula is C12H14N4. The molecule has 0 amide bonds. The van der Waals surface area contributed by atoms with Gasteiger partial charge in [-0.1, -0.05) is 6.07 Å². The third-order valence-corrected chi connectivity index (χ3v) is 2.97. The van der Waals surface area contributed by atoms with Crippen LogP contribution in [0.5, 0.6) is 0 Å². The first-order chi connectivity index (χ1) is 7.81. The van der Waals surface area contributed by atoms with Crippen molar-refractivity contribution in [3.63, 3.8) is 0 Å². The molecule has 1 aromatic heterocycles. The van der Waals surface area contributed by atoms with Crippen molar-refractivity contribution in [2.24, 2.45) is 0 Å². The summed E-state index contributed by atoms with van der Waals surface area (Å²) in [6, 6.07) is 6.17. The maximum absolute atomic E-state index is 5.78. The van der Waals surface area contributed by atoms with Gasteiger partial charge in [0.1, 0.15) is 0 Å². The van der Waals surface area contributed by atoms with Gasteiger partial charge in [0.15, 0.2) is 0 Å². The Bertz CT molecular complexity index is 490. The molecule has 3 N–H and O–H groups in total. The Kier molecular flexibility index (Phi) is 2.15. The second-order valence-electron chi connectivity index (χ2n) is 4.25. The highest BCUT2D eigenvalue weighted by Gasteiger charge is 2.19. The second-order valence-corrected chi connectivity index (χ2v) is 4.25. The lowest BCUT2D eigenvalue weighted by atomic mass is 10.1. The zero-order valence-corrected chi connectivity index (χ0v) is 8.98. The fraction of sp³-hybridized carbons (Fsp3) is 0.250. The number of nitrogen functional groups attached to an aromatic ring is 1. The van der Waals surface area contributed by atoms with E-state index in [-0.39, 0.29) is 0 Å². The number of benzene rings is 1. The van der Waals surface area contributed by atoms with Crippen LogP contribution in [0.4, 0.5) is 5.69 Å². The van der Waals surface area contributed by atoms with Crippen LogP contribution in [0.3, 0.4) is 0 Å². The molecule has 2 aromatic rings. The molecule has 0 bridgehead atoms. The SMILES string of the molecule is Nc1ccc2c(c1)CN(Cc1cnc[nH]1)C2. The molecule has 4 nitrogen and oxygen atoms in total. The van der Waals surface area contributed by atoms with Crippen molar-refractivity contribution in [1.82, 2.24) is 14.9 Å². The second kappa shape index (κ2) is 3.64. The van der Waals surface area contributed by atoms with Gasteiger partial charge in [0, 0.05) is 37.2 Å². The van der Waals surface area contributed by atoms with Gasteiger partial charge in [0.25, 0.3) is 0 Å². The summed E-state index contributed by atoms with van der Waals surface area (Å²) in [5, 5.41) is 0. The van der Waals surface area contributed by atoms with Crippen LogP contribution in [0.1, 0.15) is 16.8 Å². The number of H-pyrrole nitrogens is 1. The number of hydrogen-bond donors (Lipinski definition) is 2. The lowest BCUT2D eigenvalue weighted by molar-refractivity contribution is 0.272. The minimum absolute atomic E-state index is 0.849. The molecular weight excluding hydrogens is 200 g/mol. The van der Waals surface area contributed by atoms with Crippen molar-refractivity contribution in [3.8, 4) is 0 Å². The van der Waals surface area contributed by atoms with E-state index in [0.29, 0.717) is 0 Å². The molecule has 82 valence electrons. The Morgan fingerprint density at radius 3 is 3.00 bits per heavy atom. The van der Waals surface area contributed by atoms with Crippen molar-refractivity contribution in [1.29, 1.82) is 0 Å². The van der Waals surface area contributed by atoms with E-state index in [0.717, 1.165) is 31.0 Å². The topological polar surface area (TPSA) is 57.9 Å². The number of nitrogens with one attached hydrogen (secondary N) is 1. The summed E-state index contributed by atoms with van der Waals surface area (Å²) in [7, 11) is 0. The summed E-state index contributed by atoms with van der Waals surface area (Å²) >= 11 is 0. The van der Waals surface area contributed by atoms with Gasteiger partial charge in [-0.2, -0.15) is 0 Å². The van der Waals surface area contributed by atoms with E-state index < -0.39 is 0 Å². The van der Waals surface area contributed by atoms with Crippen LogP contribution in [0.2, 0.25) is 0 Å². The molecule has 0 saturated carbocycles. The van der Waals surface area contributed by atoms with Crippen molar-refractivity contribution < 1.29 is 0 Å². The monoisotopic (exact) mass is 214 g/mol. The molecule has 0 saturated heterocycles. The maximum Gasteiger partial charge on any atom is 0.0922 e. The first kappa shape index (κ1) is 9.42. The van der Waals surface area contributed by atoms with E-state index in [1.165, 1.54) is 11.1 Å². The van der Waals surface area contributed by atoms with E-state index >= 15 is 0 Å². The van der Waals surface area contributed by atoms with E-state index in [1.54, 1.807) is 6.33 Å². The van der Waals surface area contributed by atoms with Gasteiger partial charge in [0.2, 0.25) is 0 Å². The third-order valence-electron chi connectivity index (χ3n) is 2.97. The van der Waals surface area contributed by atoms with Gasteiger partial charge >= 0.3 is 0 Å². The fourth-order valence-corrected chi connectivity index (χ4v) is 2.21. The molecule has 0 fully saturated rings. The van der Waals surface area contributed by atoms with Crippen LogP contribution in [-0.2, 0) is 19.6 Å². The molecule has 0 radical (unpaired) electrons. The summed E-state index contributed by atoms with van der Waals surface area (Å²) in [5.74, 6) is 0. The summed E-state index contributed by atoms with van der Waals surface area (Å²) < 4.78 is 0. The van der Waals surface area contributed by atoms with Crippen molar-refractivity contribution in [2.75, 3.05) is 5.73 Å². The van der Waals surface area contributed by atoms with E-state index in [1.807, 2.05) is 12.3 Å². The normalized spacial score (nSPS) is 15.2. The molecule has 1 aromatic carbocycles. The molecule has 1 aliphatic rings. The molecule has 0 unspecified atom stereocenters. The Hall–Kier alpha value is -1.81. The summed E-state index contributed by atoms with van der Waals surface area (Å²) in [6.45, 7) is 2.88. The summed E-state index contributed by atoms with van der Waals surface area (Å²) in [6.07, 6.45) is 3.59. The fourth-order valence-electron chi connectivity index (χ4n) is 2.21. The number of fused-ring (bicyclic) bond motifs is 1. The quantitative estimate of drug-likeness (QED) is 0.745. The van der Waals surface area contributed by atoms with Crippen LogP contribution >= 0.6 is 0 Å². The van der Waals surface area contributed by atoms with Crippen molar-refractivity contribution in [3.05, 3.63) is 47.5 Å². The molecule has 2 heterocycles. The lowest BCUT2D eigenvalue weighted by Crippen LogP contribution is -2.15. The lowest BCUT2D eigenvalue weighted by Gasteiger charge is -2.12. The van der Waals surface area contributed by atoms with E-state index in [9.17, 15) is 0 Å². The first-order valence-corrected chi connectivity index (χ1v) is 5.38. The minimum atomic E-state index is 0.849. The number of aromatic amines is 1. The first-order valence-electron chi connectivity index (χ1n) is 5.38. The molecule has 16 heavy (non-hydrogen) atoms. The van der Waals surface area contributed by atoms with Gasteiger partial charge in [-0.3, -0.25) is 4.90 Å². The Morgan fingerprint density at radius 1 is 1.31 bits per heavy atom. The zero-order valence-electron chi connectivity index (χ0n) is 8.98. The van der Waals surface area contributed by atoms with Crippen LogP contribution < -0.4 is 5.73 Å². The molecule has 0 spiro atoms. The molecule has 3 rings (SSSR count). The number of imidazole rings is 1. The average molecular weight is 214 g/mol. The highest BCUT2D eigenvalue weighted by atomic mass is 15.1. The van der Waals surface area contributed by atoms with E-state index in [4.69, 9.17) is 5.73 Å². The Morgan fingerprint density at radius 2 is 2.19 bits per heavy atom. The predicted molar refractivity (Wildman–Crippen MR) is 62.4 cm³/mol. The summed E-state index contributed by atoms with van der Waals surface area (Å²) in [4.78, 5) is 9.52. The van der Waals surface area contributed by atoms with Crippen molar-refractivity contribution >= 4 is 5.69 Å². The van der Waals surface area contributed by atoms with Gasteiger partial charge in [-0.15, -0.1) is 0 Å². The molecule has 1 aliphatic heterocycles. The third kappa shape index (κ3) is 1.67. The Labute approximate surface area is 94.1 Å². The zero-order chi connectivity index (χ0) is 11.0. The van der Waals surface area contributed by atoms with E-state index in [2.05, 4.69) is 27.0 Å². The summed E-state index contributed by atoms with van der Waals surface area (Å²) in [5.41, 5.74) is 10.5. The Balaban J connectivity index is 1.75. The van der Waals surface area contributed by atoms with Crippen LogP contribution in [-0.4, -0.2) is 14.9 Å². The van der Waals surface area contributed by atoms with Gasteiger partial charge in [0.05, 0.1) is 6.33 Å². The molecule has 0 aliphatic carbocycles. The number of anilines is 1. The highest BCUT2D eigenvalue weighted by Crippen LogP contribution is 2.25. The number of nitrogens with zero attached hydrogens (tertiary/aromatic N) is 2. The van der Waals surface area contributed by atoms with Crippen LogP contribution in [0, 0.1) is 0 Å². The van der Waals surface area contributed by atoms with Crippen LogP contribution in [0.25, 0.3) is 0 Å². The average Bonchev–Trinajstić information content (AvgIpc) is 2.86. The van der Waals surface area contributed by atoms with Crippen LogP contribution in [0.15, 0.2) is 30.7 Å². The van der Waals surface area contributed by atoms with Crippen molar-refractivity contribution in [2.45, 2.75) is 19.6 Å². The molecule has 4 heteroatoms. The predicted octanol–water partition coefficient (Wildman–Crippen LogP) is 1.51. The van der Waals surface area contributed by atoms with Gasteiger partial charge in [-0.25, -0.2) is 4.98 Å². The molecule has 0 atom stereocenters. The van der Waals surface area contributed by atoms with Gasteiger partial charge in [-0.05, 0) is 23.3 Å². The highest BCUT2D eigenvalue weighted by molar-refractivity contribution is 5.46. The largest absolute Gasteiger partial charge is 0.399 e. The number of aromatic nitrogens is 2. The number of nitrogens with two attached hydrogens (primary N) is 1. The number of rotatable bonds is 2.